The predicted octanol–water partition coefficient (Wildman–Crippen LogP) is 2.21. The van der Waals surface area contributed by atoms with Gasteiger partial charge in [0.15, 0.2) is 0 Å². The summed E-state index contributed by atoms with van der Waals surface area (Å²) in [5, 5.41) is 12.3. The molecule has 1 fully saturated rings. The van der Waals surface area contributed by atoms with Crippen molar-refractivity contribution >= 4 is 44.7 Å². The summed E-state index contributed by atoms with van der Waals surface area (Å²) in [6.45, 7) is 1.40. The van der Waals surface area contributed by atoms with Crippen LogP contribution in [0.3, 0.4) is 0 Å². The molecule has 2 N–H and O–H groups in total. The quantitative estimate of drug-likeness (QED) is 0.476. The second-order valence-corrected chi connectivity index (χ2v) is 10.6. The number of hydrogen-bond donors (Lipinski definition) is 2. The van der Waals surface area contributed by atoms with Crippen LogP contribution in [-0.2, 0) is 26.0 Å². The normalized spacial score (nSPS) is 15.1. The minimum absolute atomic E-state index is 0.108. The van der Waals surface area contributed by atoms with Crippen LogP contribution in [0, 0.1) is 0 Å². The molecule has 0 unspecified atom stereocenters. The predicted molar refractivity (Wildman–Crippen MR) is 119 cm³/mol. The van der Waals surface area contributed by atoms with Gasteiger partial charge < -0.3 is 10.1 Å². The topological polar surface area (TPSA) is 117 Å². The summed E-state index contributed by atoms with van der Waals surface area (Å²) in [5.41, 5.74) is 0.424. The van der Waals surface area contributed by atoms with Crippen LogP contribution in [0.1, 0.15) is 10.7 Å². The van der Waals surface area contributed by atoms with Crippen molar-refractivity contribution in [2.24, 2.45) is 0 Å². The first kappa shape index (κ1) is 22.0. The number of thioether (sulfide) groups is 1. The van der Waals surface area contributed by atoms with Gasteiger partial charge in [0, 0.05) is 30.1 Å². The Morgan fingerprint density at radius 1 is 1.26 bits per heavy atom. The molecular formula is C19H21N5O4S3. The molecule has 2 aromatic heterocycles. The number of thiophene rings is 1. The SMILES string of the molecule is O=C(CSc1n[nH]c(Cc2cccs2)n1)Nc1cccc(S(=O)(=O)N2CCOCC2)c1. The summed E-state index contributed by atoms with van der Waals surface area (Å²) in [6.07, 6.45) is 0.668. The molecule has 4 rings (SSSR count). The van der Waals surface area contributed by atoms with Crippen molar-refractivity contribution in [2.45, 2.75) is 16.5 Å². The van der Waals surface area contributed by atoms with Gasteiger partial charge in [0.1, 0.15) is 5.82 Å². The van der Waals surface area contributed by atoms with Gasteiger partial charge in [-0.05, 0) is 29.6 Å². The minimum atomic E-state index is -3.62. The molecule has 0 radical (unpaired) electrons. The number of aromatic amines is 1. The standard InChI is InChI=1S/C19H21N5O4S3/c25-18(13-30-19-21-17(22-23-19)12-15-4-2-10-29-15)20-14-3-1-5-16(11-14)31(26,27)24-6-8-28-9-7-24/h1-5,10-11H,6-9,12-13H2,(H,20,25)(H,21,22,23). The third-order valence-corrected chi connectivity index (χ3v) is 8.11. The number of nitrogens with one attached hydrogen (secondary N) is 2. The molecule has 1 aliphatic heterocycles. The Kier molecular flexibility index (Phi) is 7.02. The van der Waals surface area contributed by atoms with Crippen molar-refractivity contribution < 1.29 is 17.9 Å². The number of nitrogens with zero attached hydrogens (tertiary/aromatic N) is 3. The van der Waals surface area contributed by atoms with E-state index in [2.05, 4.69) is 20.5 Å². The van der Waals surface area contributed by atoms with Gasteiger partial charge in [0.2, 0.25) is 21.1 Å². The lowest BCUT2D eigenvalue weighted by molar-refractivity contribution is -0.113. The van der Waals surface area contributed by atoms with E-state index in [4.69, 9.17) is 4.74 Å². The molecule has 1 aromatic carbocycles. The highest BCUT2D eigenvalue weighted by molar-refractivity contribution is 7.99. The van der Waals surface area contributed by atoms with Crippen LogP contribution in [-0.4, -0.2) is 65.9 Å². The molecule has 31 heavy (non-hydrogen) atoms. The van der Waals surface area contributed by atoms with Gasteiger partial charge >= 0.3 is 0 Å². The molecule has 0 spiro atoms. The van der Waals surface area contributed by atoms with E-state index in [1.165, 1.54) is 33.1 Å². The second kappa shape index (κ2) is 9.92. The Labute approximate surface area is 188 Å². The summed E-state index contributed by atoms with van der Waals surface area (Å²) < 4.78 is 32.2. The Morgan fingerprint density at radius 3 is 2.87 bits per heavy atom. The first-order valence-electron chi connectivity index (χ1n) is 9.55. The molecule has 0 aliphatic carbocycles. The Hall–Kier alpha value is -2.25. The van der Waals surface area contributed by atoms with Crippen molar-refractivity contribution in [3.05, 3.63) is 52.5 Å². The summed E-state index contributed by atoms with van der Waals surface area (Å²) in [6, 6.07) is 10.3. The number of rotatable bonds is 8. The van der Waals surface area contributed by atoms with Crippen LogP contribution in [0.15, 0.2) is 51.8 Å². The fourth-order valence-corrected chi connectivity index (χ4v) is 5.78. The summed E-state index contributed by atoms with van der Waals surface area (Å²) in [4.78, 5) is 18.1. The zero-order valence-electron chi connectivity index (χ0n) is 16.5. The van der Waals surface area contributed by atoms with Gasteiger partial charge in [-0.2, -0.15) is 4.31 Å². The smallest absolute Gasteiger partial charge is 0.243 e. The number of ether oxygens (including phenoxy) is 1. The fraction of sp³-hybridized carbons (Fsp3) is 0.316. The number of benzene rings is 1. The van der Waals surface area contributed by atoms with Crippen LogP contribution in [0.25, 0.3) is 0 Å². The summed E-state index contributed by atoms with van der Waals surface area (Å²) in [7, 11) is -3.62. The maximum Gasteiger partial charge on any atom is 0.243 e. The molecule has 1 aliphatic rings. The molecular weight excluding hydrogens is 458 g/mol. The zero-order chi connectivity index (χ0) is 21.7. The molecule has 12 heteroatoms. The molecule has 1 saturated heterocycles. The third-order valence-electron chi connectivity index (χ3n) is 4.49. The van der Waals surface area contributed by atoms with Crippen molar-refractivity contribution in [2.75, 3.05) is 37.4 Å². The van der Waals surface area contributed by atoms with Crippen molar-refractivity contribution in [3.8, 4) is 0 Å². The summed E-state index contributed by atoms with van der Waals surface area (Å²) in [5.74, 6) is 0.582. The van der Waals surface area contributed by atoms with Crippen molar-refractivity contribution in [1.82, 2.24) is 19.5 Å². The zero-order valence-corrected chi connectivity index (χ0v) is 18.9. The number of carbonyl (C=O) groups excluding carboxylic acids is 1. The summed E-state index contributed by atoms with van der Waals surface area (Å²) >= 11 is 2.86. The van der Waals surface area contributed by atoms with Crippen molar-refractivity contribution in [3.63, 3.8) is 0 Å². The van der Waals surface area contributed by atoms with E-state index >= 15 is 0 Å². The first-order valence-corrected chi connectivity index (χ1v) is 12.9. The molecule has 3 heterocycles. The lowest BCUT2D eigenvalue weighted by Gasteiger charge is -2.26. The van der Waals surface area contributed by atoms with E-state index in [9.17, 15) is 13.2 Å². The highest BCUT2D eigenvalue weighted by atomic mass is 32.2. The van der Waals surface area contributed by atoms with Gasteiger partial charge in [0.25, 0.3) is 0 Å². The maximum atomic E-state index is 12.8. The number of H-pyrrole nitrogens is 1. The molecule has 1 amide bonds. The Morgan fingerprint density at radius 2 is 2.10 bits per heavy atom. The number of aromatic nitrogens is 3. The van der Waals surface area contributed by atoms with Gasteiger partial charge in [-0.25, -0.2) is 13.4 Å². The maximum absolute atomic E-state index is 12.8. The lowest BCUT2D eigenvalue weighted by atomic mass is 10.3. The molecule has 0 bridgehead atoms. The average molecular weight is 480 g/mol. The number of amides is 1. The molecule has 164 valence electrons. The van der Waals surface area contributed by atoms with Crippen LogP contribution in [0.4, 0.5) is 5.69 Å². The average Bonchev–Trinajstić information content (AvgIpc) is 3.46. The first-order chi connectivity index (χ1) is 15.0. The third kappa shape index (κ3) is 5.71. The van der Waals surface area contributed by atoms with Gasteiger partial charge in [-0.1, -0.05) is 23.9 Å². The van der Waals surface area contributed by atoms with Crippen LogP contribution in [0.2, 0.25) is 0 Å². The second-order valence-electron chi connectivity index (χ2n) is 6.70. The fourth-order valence-electron chi connectivity index (χ4n) is 3.00. The van der Waals surface area contributed by atoms with Gasteiger partial charge in [0.05, 0.1) is 23.9 Å². The molecule has 9 nitrogen and oxygen atoms in total. The number of anilines is 1. The Balaban J connectivity index is 1.33. The highest BCUT2D eigenvalue weighted by Crippen LogP contribution is 2.21. The number of sulfonamides is 1. The van der Waals surface area contributed by atoms with Gasteiger partial charge in [-0.3, -0.25) is 9.89 Å². The van der Waals surface area contributed by atoms with E-state index in [-0.39, 0.29) is 16.6 Å². The number of morpholine rings is 1. The largest absolute Gasteiger partial charge is 0.379 e. The number of carbonyl (C=O) groups is 1. The van der Waals surface area contributed by atoms with Crippen LogP contribution >= 0.6 is 23.1 Å². The van der Waals surface area contributed by atoms with E-state index in [0.29, 0.717) is 43.6 Å². The molecule has 0 saturated carbocycles. The van der Waals surface area contributed by atoms with Crippen LogP contribution in [0.5, 0.6) is 0 Å². The van der Waals surface area contributed by atoms with E-state index in [1.807, 2.05) is 17.5 Å². The molecule has 3 aromatic rings. The Bertz CT molecular complexity index is 1130. The molecule has 0 atom stereocenters. The van der Waals surface area contributed by atoms with Gasteiger partial charge in [-0.15, -0.1) is 16.4 Å². The minimum Gasteiger partial charge on any atom is -0.379 e. The van der Waals surface area contributed by atoms with Crippen molar-refractivity contribution in [1.29, 1.82) is 0 Å². The lowest BCUT2D eigenvalue weighted by Crippen LogP contribution is -2.40. The monoisotopic (exact) mass is 479 g/mol. The van der Waals surface area contributed by atoms with E-state index in [0.717, 1.165) is 5.82 Å². The highest BCUT2D eigenvalue weighted by Gasteiger charge is 2.26. The number of hydrogen-bond acceptors (Lipinski definition) is 8. The van der Waals surface area contributed by atoms with E-state index < -0.39 is 10.0 Å². The van der Waals surface area contributed by atoms with Crippen LogP contribution < -0.4 is 5.32 Å². The van der Waals surface area contributed by atoms with E-state index in [1.54, 1.807) is 23.5 Å².